The summed E-state index contributed by atoms with van der Waals surface area (Å²) in [6.07, 6.45) is 0. The lowest BCUT2D eigenvalue weighted by Crippen LogP contribution is -2.40. The van der Waals surface area contributed by atoms with Crippen molar-refractivity contribution in [3.63, 3.8) is 0 Å². The fraction of sp³-hybridized carbons (Fsp3) is 0.217. The Bertz CT molecular complexity index is 1020. The molecule has 0 amide bonds. The zero-order valence-electron chi connectivity index (χ0n) is 16.2. The summed E-state index contributed by atoms with van der Waals surface area (Å²) in [5, 5.41) is 0. The van der Waals surface area contributed by atoms with E-state index in [2.05, 4.69) is 0 Å². The van der Waals surface area contributed by atoms with Crippen LogP contribution in [-0.4, -0.2) is 46.1 Å². The Morgan fingerprint density at radius 1 is 0.828 bits per heavy atom. The van der Waals surface area contributed by atoms with E-state index in [4.69, 9.17) is 9.47 Å². The molecule has 0 unspecified atom stereocenters. The maximum atomic E-state index is 13.4. The van der Waals surface area contributed by atoms with E-state index in [0.717, 1.165) is 22.3 Å². The second-order valence-electron chi connectivity index (χ2n) is 6.80. The Balaban J connectivity index is 1.95. The Morgan fingerprint density at radius 2 is 1.31 bits per heavy atom. The van der Waals surface area contributed by atoms with Gasteiger partial charge in [0.1, 0.15) is 5.75 Å². The molecule has 0 atom stereocenters. The molecule has 0 N–H and O–H groups in total. The first kappa shape index (κ1) is 19.6. The van der Waals surface area contributed by atoms with Crippen LogP contribution in [0.25, 0.3) is 22.3 Å². The number of ether oxygens (including phenoxy) is 2. The van der Waals surface area contributed by atoms with Crippen LogP contribution in [0, 0.1) is 0 Å². The highest BCUT2D eigenvalue weighted by atomic mass is 32.2. The molecule has 6 heteroatoms. The molecule has 0 saturated carbocycles. The highest BCUT2D eigenvalue weighted by molar-refractivity contribution is 7.89. The van der Waals surface area contributed by atoms with E-state index in [9.17, 15) is 8.42 Å². The van der Waals surface area contributed by atoms with Crippen molar-refractivity contribution in [2.45, 2.75) is 4.90 Å². The van der Waals surface area contributed by atoms with E-state index in [-0.39, 0.29) is 4.90 Å². The Labute approximate surface area is 171 Å². The van der Waals surface area contributed by atoms with Gasteiger partial charge in [-0.15, -0.1) is 0 Å². The topological polar surface area (TPSA) is 55.8 Å². The number of hydrogen-bond acceptors (Lipinski definition) is 4. The second-order valence-corrected chi connectivity index (χ2v) is 8.74. The minimum atomic E-state index is -3.65. The summed E-state index contributed by atoms with van der Waals surface area (Å²) in [5.41, 5.74) is 3.31. The SMILES string of the molecule is COc1c(-c2ccccc2)cc(S(=O)(=O)N2CCOCC2)cc1-c1ccccc1. The van der Waals surface area contributed by atoms with Gasteiger partial charge in [0.25, 0.3) is 0 Å². The predicted octanol–water partition coefficient (Wildman–Crippen LogP) is 4.05. The third-order valence-corrected chi connectivity index (χ3v) is 6.92. The molecule has 1 aliphatic rings. The molecule has 5 nitrogen and oxygen atoms in total. The van der Waals surface area contributed by atoms with Crippen LogP contribution in [0.3, 0.4) is 0 Å². The molecule has 4 rings (SSSR count). The third kappa shape index (κ3) is 3.92. The maximum Gasteiger partial charge on any atom is 0.243 e. The van der Waals surface area contributed by atoms with Crippen molar-refractivity contribution in [1.82, 2.24) is 4.31 Å². The first-order valence-corrected chi connectivity index (χ1v) is 11.0. The standard InChI is InChI=1S/C23H23NO4S/c1-27-23-21(18-8-4-2-5-9-18)16-20(17-22(23)19-10-6-3-7-11-19)29(25,26)24-12-14-28-15-13-24/h2-11,16-17H,12-15H2,1H3. The summed E-state index contributed by atoms with van der Waals surface area (Å²) in [7, 11) is -2.03. The van der Waals surface area contributed by atoms with Crippen molar-refractivity contribution in [2.24, 2.45) is 0 Å². The maximum absolute atomic E-state index is 13.4. The molecule has 1 fully saturated rings. The first-order chi connectivity index (χ1) is 14.1. The van der Waals surface area contributed by atoms with Gasteiger partial charge < -0.3 is 9.47 Å². The van der Waals surface area contributed by atoms with Crippen LogP contribution in [0.2, 0.25) is 0 Å². The average Bonchev–Trinajstić information content (AvgIpc) is 2.80. The molecular weight excluding hydrogens is 386 g/mol. The Hall–Kier alpha value is -2.67. The lowest BCUT2D eigenvalue weighted by atomic mass is 9.97. The van der Waals surface area contributed by atoms with Crippen molar-refractivity contribution in [1.29, 1.82) is 0 Å². The van der Waals surface area contributed by atoms with Gasteiger partial charge in [-0.25, -0.2) is 8.42 Å². The Morgan fingerprint density at radius 3 is 1.76 bits per heavy atom. The molecular formula is C23H23NO4S. The molecule has 0 radical (unpaired) electrons. The largest absolute Gasteiger partial charge is 0.495 e. The van der Waals surface area contributed by atoms with Gasteiger partial charge in [-0.3, -0.25) is 0 Å². The molecule has 3 aromatic rings. The molecule has 0 bridgehead atoms. The molecule has 1 saturated heterocycles. The molecule has 3 aromatic carbocycles. The lowest BCUT2D eigenvalue weighted by molar-refractivity contribution is 0.0730. The summed E-state index contributed by atoms with van der Waals surface area (Å²) in [6.45, 7) is 1.53. The van der Waals surface area contributed by atoms with Crippen LogP contribution in [0.4, 0.5) is 0 Å². The average molecular weight is 410 g/mol. The number of sulfonamides is 1. The van der Waals surface area contributed by atoms with Crippen LogP contribution in [0.15, 0.2) is 77.7 Å². The molecule has 0 aromatic heterocycles. The fourth-order valence-electron chi connectivity index (χ4n) is 3.57. The molecule has 150 valence electrons. The number of benzene rings is 3. The van der Waals surface area contributed by atoms with Crippen molar-refractivity contribution >= 4 is 10.0 Å². The highest BCUT2D eigenvalue weighted by Gasteiger charge is 2.28. The number of morpholine rings is 1. The van der Waals surface area contributed by atoms with Gasteiger partial charge in [0.2, 0.25) is 10.0 Å². The van der Waals surface area contributed by atoms with Crippen LogP contribution < -0.4 is 4.74 Å². The summed E-state index contributed by atoms with van der Waals surface area (Å²) < 4.78 is 39.4. The molecule has 1 heterocycles. The molecule has 0 aliphatic carbocycles. The van der Waals surface area contributed by atoms with Gasteiger partial charge >= 0.3 is 0 Å². The van der Waals surface area contributed by atoms with Crippen molar-refractivity contribution < 1.29 is 17.9 Å². The second kappa shape index (κ2) is 8.37. The lowest BCUT2D eigenvalue weighted by Gasteiger charge is -2.27. The first-order valence-electron chi connectivity index (χ1n) is 9.52. The summed E-state index contributed by atoms with van der Waals surface area (Å²) in [4.78, 5) is 0.262. The fourth-order valence-corrected chi connectivity index (χ4v) is 5.03. The number of hydrogen-bond donors (Lipinski definition) is 0. The predicted molar refractivity (Wildman–Crippen MR) is 113 cm³/mol. The van der Waals surface area contributed by atoms with E-state index in [1.807, 2.05) is 60.7 Å². The van der Waals surface area contributed by atoms with E-state index in [1.54, 1.807) is 19.2 Å². The van der Waals surface area contributed by atoms with E-state index >= 15 is 0 Å². The van der Waals surface area contributed by atoms with E-state index < -0.39 is 10.0 Å². The molecule has 0 spiro atoms. The van der Waals surface area contributed by atoms with Gasteiger partial charge in [-0.05, 0) is 23.3 Å². The normalized spacial score (nSPS) is 15.2. The Kier molecular flexibility index (Phi) is 5.67. The van der Waals surface area contributed by atoms with Crippen molar-refractivity contribution in [3.05, 3.63) is 72.8 Å². The van der Waals surface area contributed by atoms with Crippen LogP contribution in [0.5, 0.6) is 5.75 Å². The monoisotopic (exact) mass is 409 g/mol. The quantitative estimate of drug-likeness (QED) is 0.638. The van der Waals surface area contributed by atoms with E-state index in [1.165, 1.54) is 4.31 Å². The highest BCUT2D eigenvalue weighted by Crippen LogP contribution is 2.41. The zero-order valence-corrected chi connectivity index (χ0v) is 17.1. The van der Waals surface area contributed by atoms with Crippen LogP contribution in [0.1, 0.15) is 0 Å². The number of methoxy groups -OCH3 is 1. The van der Waals surface area contributed by atoms with Crippen LogP contribution in [-0.2, 0) is 14.8 Å². The summed E-state index contributed by atoms with van der Waals surface area (Å²) >= 11 is 0. The van der Waals surface area contributed by atoms with Gasteiger partial charge in [0.05, 0.1) is 25.2 Å². The minimum Gasteiger partial charge on any atom is -0.495 e. The van der Waals surface area contributed by atoms with Crippen molar-refractivity contribution in [3.8, 4) is 28.0 Å². The number of rotatable bonds is 5. The zero-order chi connectivity index (χ0) is 20.3. The van der Waals surface area contributed by atoms with Gasteiger partial charge in [0, 0.05) is 24.2 Å². The summed E-state index contributed by atoms with van der Waals surface area (Å²) in [5.74, 6) is 0.656. The van der Waals surface area contributed by atoms with E-state index in [0.29, 0.717) is 32.1 Å². The van der Waals surface area contributed by atoms with Gasteiger partial charge in [-0.2, -0.15) is 4.31 Å². The van der Waals surface area contributed by atoms with Gasteiger partial charge in [0.15, 0.2) is 0 Å². The molecule has 1 aliphatic heterocycles. The third-order valence-electron chi connectivity index (χ3n) is 5.04. The summed E-state index contributed by atoms with van der Waals surface area (Å²) in [6, 6.07) is 22.8. The van der Waals surface area contributed by atoms with Gasteiger partial charge in [-0.1, -0.05) is 60.7 Å². The van der Waals surface area contributed by atoms with Crippen molar-refractivity contribution in [2.75, 3.05) is 33.4 Å². The van der Waals surface area contributed by atoms with Crippen LogP contribution >= 0.6 is 0 Å². The number of nitrogens with zero attached hydrogens (tertiary/aromatic N) is 1. The minimum absolute atomic E-state index is 0.262. The smallest absolute Gasteiger partial charge is 0.243 e. The molecule has 29 heavy (non-hydrogen) atoms.